The third-order valence-corrected chi connectivity index (χ3v) is 14.9. The summed E-state index contributed by atoms with van der Waals surface area (Å²) in [6.07, 6.45) is 55.1. The van der Waals surface area contributed by atoms with Crippen molar-refractivity contribution in [1.82, 2.24) is 0 Å². The van der Waals surface area contributed by atoms with Gasteiger partial charge in [0.1, 0.15) is 18.8 Å². The molecule has 0 amide bonds. The molecule has 0 aromatic heterocycles. The molecule has 458 valence electrons. The van der Waals surface area contributed by atoms with Crippen molar-refractivity contribution in [2.75, 3.05) is 13.2 Å². The molecule has 0 aromatic carbocycles. The summed E-state index contributed by atoms with van der Waals surface area (Å²) in [5.41, 5.74) is 0. The average Bonchev–Trinajstić information content (AvgIpc) is 3.46. The molecule has 0 aromatic rings. The summed E-state index contributed by atoms with van der Waals surface area (Å²) in [7, 11) is 0. The molecule has 0 bridgehead atoms. The Kier molecular flexibility index (Phi) is 51.5. The Labute approximate surface area is 482 Å². The van der Waals surface area contributed by atoms with Gasteiger partial charge < -0.3 is 39.0 Å². The Morgan fingerprint density at radius 3 is 1.24 bits per heavy atom. The van der Waals surface area contributed by atoms with E-state index in [2.05, 4.69) is 69.4 Å². The average molecular weight is 1120 g/mol. The maximum absolute atomic E-state index is 13.2. The molecule has 1 fully saturated rings. The molecule has 6 atom stereocenters. The van der Waals surface area contributed by atoms with Gasteiger partial charge in [0.2, 0.25) is 0 Å². The fourth-order valence-corrected chi connectivity index (χ4v) is 9.91. The highest BCUT2D eigenvalue weighted by Crippen LogP contribution is 2.27. The number of carboxylic acids is 1. The zero-order chi connectivity index (χ0) is 57.5. The first kappa shape index (κ1) is 73.7. The minimum absolute atomic E-state index is 0.0272. The number of ether oxygens (including phenoxy) is 5. The molecule has 6 unspecified atom stereocenters. The molecular weight excluding hydrogens is 997 g/mol. The largest absolute Gasteiger partial charge is 0.479 e. The molecule has 1 aliphatic heterocycles. The molecule has 12 heteroatoms. The molecule has 3 N–H and O–H groups in total. The number of allylic oxidation sites excluding steroid dienone is 8. The summed E-state index contributed by atoms with van der Waals surface area (Å²) in [5.74, 6) is -3.13. The van der Waals surface area contributed by atoms with Gasteiger partial charge in [-0.1, -0.05) is 256 Å². The van der Waals surface area contributed by atoms with Crippen LogP contribution in [0.3, 0.4) is 0 Å². The lowest BCUT2D eigenvalue weighted by Gasteiger charge is -2.40. The predicted octanol–water partition coefficient (Wildman–Crippen LogP) is 17.3. The van der Waals surface area contributed by atoms with Gasteiger partial charge in [0.05, 0.1) is 6.61 Å². The first-order valence-electron chi connectivity index (χ1n) is 32.6. The van der Waals surface area contributed by atoms with Crippen LogP contribution in [0.2, 0.25) is 0 Å². The summed E-state index contributed by atoms with van der Waals surface area (Å²) in [5, 5.41) is 31.5. The minimum Gasteiger partial charge on any atom is -0.479 e. The normalized spacial score (nSPS) is 18.1. The summed E-state index contributed by atoms with van der Waals surface area (Å²) in [4.78, 5) is 51.3. The standard InChI is InChI=1S/C67H118O12/c1-4-7-10-13-16-19-22-25-27-29-30-32-33-36-38-41-44-47-50-53-59(68)75-56-58(77-60(69)54-51-48-45-42-40-37-34-31-28-26-23-20-17-14-11-8-5-2)57-76-67-65(63(72)62(71)64(79-67)66(73)74)78-61(70)55-52-49-46-43-39-35-24-21-18-15-12-9-6-3/h9,12,18,21,25,27,35,39,58,62-65,67,71-72H,4-8,10-11,13-17,19-20,22-24,26,28-34,36-38,40-57H2,1-3H3,(H,73,74)/b12-9-,21-18-,27-25-,39-35-. The van der Waals surface area contributed by atoms with Gasteiger partial charge in [-0.15, -0.1) is 0 Å². The van der Waals surface area contributed by atoms with E-state index in [1.165, 1.54) is 167 Å². The lowest BCUT2D eigenvalue weighted by atomic mass is 9.98. The van der Waals surface area contributed by atoms with Gasteiger partial charge in [-0.05, 0) is 77.0 Å². The van der Waals surface area contributed by atoms with Crippen LogP contribution >= 0.6 is 0 Å². The molecule has 1 heterocycles. The number of aliphatic hydroxyl groups is 2. The molecule has 1 aliphatic rings. The van der Waals surface area contributed by atoms with Gasteiger partial charge in [0.15, 0.2) is 24.6 Å². The summed E-state index contributed by atoms with van der Waals surface area (Å²) in [6, 6.07) is 0. The molecule has 1 saturated heterocycles. The highest BCUT2D eigenvalue weighted by molar-refractivity contribution is 5.74. The van der Waals surface area contributed by atoms with Gasteiger partial charge in [-0.25, -0.2) is 4.79 Å². The van der Waals surface area contributed by atoms with E-state index in [1.807, 2.05) is 0 Å². The maximum Gasteiger partial charge on any atom is 0.335 e. The summed E-state index contributed by atoms with van der Waals surface area (Å²) < 4.78 is 28.5. The Balaban J connectivity index is 2.65. The van der Waals surface area contributed by atoms with Crippen molar-refractivity contribution >= 4 is 23.9 Å². The zero-order valence-electron chi connectivity index (χ0n) is 50.6. The number of carbonyl (C=O) groups is 4. The van der Waals surface area contributed by atoms with Crippen LogP contribution in [0.15, 0.2) is 48.6 Å². The SMILES string of the molecule is CC/C=C\C/C=C\C/C=C\CCCCCC(=O)OC1C(OCC(COC(=O)CCCCCCCCCCC/C=C\CCCCCCCC)OC(=O)CCCCCCCCCCCCCCCCCCC)OC(C(=O)O)C(O)C1O. The number of hydrogen-bond acceptors (Lipinski definition) is 11. The van der Waals surface area contributed by atoms with Crippen LogP contribution in [0, 0.1) is 0 Å². The quantitative estimate of drug-likeness (QED) is 0.0228. The van der Waals surface area contributed by atoms with Crippen LogP contribution in [-0.2, 0) is 42.9 Å². The molecule has 0 saturated carbocycles. The van der Waals surface area contributed by atoms with Gasteiger partial charge >= 0.3 is 23.9 Å². The Morgan fingerprint density at radius 2 is 0.797 bits per heavy atom. The minimum atomic E-state index is -1.91. The van der Waals surface area contributed by atoms with Crippen LogP contribution in [0.1, 0.15) is 303 Å². The van der Waals surface area contributed by atoms with Crippen LogP contribution in [0.4, 0.5) is 0 Å². The predicted molar refractivity (Wildman–Crippen MR) is 322 cm³/mol. The fourth-order valence-electron chi connectivity index (χ4n) is 9.91. The number of rotatable bonds is 56. The molecule has 79 heavy (non-hydrogen) atoms. The van der Waals surface area contributed by atoms with Crippen molar-refractivity contribution in [3.63, 3.8) is 0 Å². The van der Waals surface area contributed by atoms with Crippen LogP contribution in [-0.4, -0.2) is 89.2 Å². The Morgan fingerprint density at radius 1 is 0.430 bits per heavy atom. The zero-order valence-corrected chi connectivity index (χ0v) is 50.6. The lowest BCUT2D eigenvalue weighted by Crippen LogP contribution is -2.61. The van der Waals surface area contributed by atoms with E-state index in [9.17, 15) is 34.5 Å². The van der Waals surface area contributed by atoms with Crippen molar-refractivity contribution in [2.45, 2.75) is 340 Å². The second-order valence-electron chi connectivity index (χ2n) is 22.4. The van der Waals surface area contributed by atoms with E-state index >= 15 is 0 Å². The highest BCUT2D eigenvalue weighted by Gasteiger charge is 2.50. The van der Waals surface area contributed by atoms with E-state index in [0.717, 1.165) is 77.0 Å². The second-order valence-corrected chi connectivity index (χ2v) is 22.4. The Bertz CT molecular complexity index is 1560. The number of esters is 3. The smallest absolute Gasteiger partial charge is 0.335 e. The van der Waals surface area contributed by atoms with Gasteiger partial charge in [-0.2, -0.15) is 0 Å². The van der Waals surface area contributed by atoms with Crippen molar-refractivity contribution in [3.05, 3.63) is 48.6 Å². The maximum atomic E-state index is 13.2. The molecule has 0 aliphatic carbocycles. The number of carboxylic acid groups (broad SMARTS) is 1. The van der Waals surface area contributed by atoms with Crippen LogP contribution < -0.4 is 0 Å². The van der Waals surface area contributed by atoms with Crippen molar-refractivity contribution < 1.29 is 58.2 Å². The molecule has 0 radical (unpaired) electrons. The number of hydrogen-bond donors (Lipinski definition) is 3. The molecule has 12 nitrogen and oxygen atoms in total. The molecular formula is C67H118O12. The van der Waals surface area contributed by atoms with Crippen molar-refractivity contribution in [2.24, 2.45) is 0 Å². The summed E-state index contributed by atoms with van der Waals surface area (Å²) in [6.45, 7) is 5.90. The Hall–Kier alpha value is -3.32. The van der Waals surface area contributed by atoms with E-state index in [-0.39, 0.29) is 25.9 Å². The van der Waals surface area contributed by atoms with E-state index in [1.54, 1.807) is 0 Å². The number of aliphatic hydroxyl groups excluding tert-OH is 2. The van der Waals surface area contributed by atoms with Gasteiger partial charge in [-0.3, -0.25) is 14.4 Å². The van der Waals surface area contributed by atoms with E-state index in [4.69, 9.17) is 23.7 Å². The second kappa shape index (κ2) is 55.2. The third kappa shape index (κ3) is 45.0. The monoisotopic (exact) mass is 1110 g/mol. The van der Waals surface area contributed by atoms with E-state index < -0.39 is 67.3 Å². The third-order valence-electron chi connectivity index (χ3n) is 14.9. The fraction of sp³-hybridized carbons (Fsp3) is 0.821. The first-order chi connectivity index (χ1) is 38.6. The van der Waals surface area contributed by atoms with Gasteiger partial charge in [0, 0.05) is 19.3 Å². The van der Waals surface area contributed by atoms with Gasteiger partial charge in [0.25, 0.3) is 0 Å². The number of carbonyl (C=O) groups excluding carboxylic acids is 3. The topological polar surface area (TPSA) is 175 Å². The number of unbranched alkanes of at least 4 members (excludes halogenated alkanes) is 34. The van der Waals surface area contributed by atoms with Crippen LogP contribution in [0.5, 0.6) is 0 Å². The first-order valence-corrected chi connectivity index (χ1v) is 32.6. The molecule has 1 rings (SSSR count). The highest BCUT2D eigenvalue weighted by atomic mass is 16.7. The number of aliphatic carboxylic acids is 1. The lowest BCUT2D eigenvalue weighted by molar-refractivity contribution is -0.301. The molecule has 0 spiro atoms. The summed E-state index contributed by atoms with van der Waals surface area (Å²) >= 11 is 0. The van der Waals surface area contributed by atoms with Crippen molar-refractivity contribution in [3.8, 4) is 0 Å². The van der Waals surface area contributed by atoms with E-state index in [0.29, 0.717) is 19.3 Å². The van der Waals surface area contributed by atoms with Crippen LogP contribution in [0.25, 0.3) is 0 Å². The van der Waals surface area contributed by atoms with Crippen molar-refractivity contribution in [1.29, 1.82) is 0 Å².